The van der Waals surface area contributed by atoms with Gasteiger partial charge in [0.1, 0.15) is 6.04 Å². The van der Waals surface area contributed by atoms with E-state index in [2.05, 4.69) is 11.4 Å². The number of nitrogens with zero attached hydrogens (tertiary/aromatic N) is 1. The summed E-state index contributed by atoms with van der Waals surface area (Å²) in [6, 6.07) is 5.50. The van der Waals surface area contributed by atoms with Crippen LogP contribution in [-0.2, 0) is 25.6 Å². The van der Waals surface area contributed by atoms with Gasteiger partial charge in [-0.05, 0) is 42.4 Å². The normalized spacial score (nSPS) is 27.4. The predicted octanol–water partition coefficient (Wildman–Crippen LogP) is 1.85. The van der Waals surface area contributed by atoms with E-state index in [0.29, 0.717) is 37.7 Å². The van der Waals surface area contributed by atoms with Crippen LogP contribution < -0.4 is 5.32 Å². The summed E-state index contributed by atoms with van der Waals surface area (Å²) in [6.07, 6.45) is 4.47. The van der Waals surface area contributed by atoms with E-state index in [4.69, 9.17) is 9.47 Å². The van der Waals surface area contributed by atoms with Gasteiger partial charge in [-0.2, -0.15) is 0 Å². The molecule has 1 spiro atoms. The van der Waals surface area contributed by atoms with Gasteiger partial charge in [0.15, 0.2) is 5.79 Å². The van der Waals surface area contributed by atoms with E-state index in [1.807, 2.05) is 12.1 Å². The summed E-state index contributed by atoms with van der Waals surface area (Å²) in [5.41, 5.74) is 2.88. The number of rotatable bonds is 2. The smallest absolute Gasteiger partial charge is 0.255 e. The first-order valence-electron chi connectivity index (χ1n) is 10.1. The first-order valence-corrected chi connectivity index (χ1v) is 10.1. The lowest BCUT2D eigenvalue weighted by atomic mass is 9.80. The molecule has 0 aromatic heterocycles. The molecule has 1 saturated carbocycles. The van der Waals surface area contributed by atoms with Gasteiger partial charge in [-0.15, -0.1) is 0 Å². The molecule has 0 radical (unpaired) electrons. The quantitative estimate of drug-likeness (QED) is 0.787. The van der Waals surface area contributed by atoms with E-state index in [9.17, 15) is 14.4 Å². The minimum Gasteiger partial charge on any atom is -0.348 e. The highest BCUT2D eigenvalue weighted by molar-refractivity contribution is 6.05. The van der Waals surface area contributed by atoms with Gasteiger partial charge < -0.3 is 14.4 Å². The highest BCUT2D eigenvalue weighted by Crippen LogP contribution is 2.43. The number of nitrogens with one attached hydrogen (secondary N) is 1. The number of piperidine rings is 1. The summed E-state index contributed by atoms with van der Waals surface area (Å²) in [4.78, 5) is 38.0. The molecule has 3 fully saturated rings. The van der Waals surface area contributed by atoms with Crippen LogP contribution in [0.2, 0.25) is 0 Å². The number of hydrogen-bond donors (Lipinski definition) is 1. The van der Waals surface area contributed by atoms with Gasteiger partial charge in [-0.1, -0.05) is 12.1 Å². The number of ether oxygens (including phenoxy) is 2. The number of amides is 3. The van der Waals surface area contributed by atoms with E-state index in [0.717, 1.165) is 31.2 Å². The highest BCUT2D eigenvalue weighted by Gasteiger charge is 2.42. The number of fused-ring (bicyclic) bond motifs is 1. The molecule has 1 aliphatic carbocycles. The van der Waals surface area contributed by atoms with Gasteiger partial charge in [-0.3, -0.25) is 19.7 Å². The maximum Gasteiger partial charge on any atom is 0.255 e. The molecular formula is C21H24N2O5. The third-order valence-corrected chi connectivity index (χ3v) is 6.58. The number of imide groups is 1. The molecular weight excluding hydrogens is 360 g/mol. The average molecular weight is 384 g/mol. The second-order valence-electron chi connectivity index (χ2n) is 8.20. The first kappa shape index (κ1) is 17.8. The van der Waals surface area contributed by atoms with Crippen LogP contribution in [0.15, 0.2) is 18.2 Å². The number of benzene rings is 1. The minimum atomic E-state index is -0.563. The van der Waals surface area contributed by atoms with Gasteiger partial charge in [0, 0.05) is 31.4 Å². The third kappa shape index (κ3) is 2.93. The summed E-state index contributed by atoms with van der Waals surface area (Å²) < 4.78 is 11.6. The summed E-state index contributed by atoms with van der Waals surface area (Å²) >= 11 is 0. The average Bonchev–Trinajstić information content (AvgIpc) is 3.27. The van der Waals surface area contributed by atoms with Crippen molar-refractivity contribution in [2.75, 3.05) is 13.2 Å². The third-order valence-electron chi connectivity index (χ3n) is 6.58. The van der Waals surface area contributed by atoms with Crippen molar-refractivity contribution in [1.82, 2.24) is 10.2 Å². The molecule has 5 rings (SSSR count). The van der Waals surface area contributed by atoms with Crippen molar-refractivity contribution in [2.45, 2.75) is 62.8 Å². The second kappa shape index (κ2) is 6.67. The van der Waals surface area contributed by atoms with Crippen molar-refractivity contribution in [1.29, 1.82) is 0 Å². The van der Waals surface area contributed by atoms with E-state index in [1.165, 1.54) is 5.56 Å². The Morgan fingerprint density at radius 2 is 1.79 bits per heavy atom. The van der Waals surface area contributed by atoms with Gasteiger partial charge in [0.25, 0.3) is 5.91 Å². The molecule has 1 atom stereocenters. The lowest BCUT2D eigenvalue weighted by molar-refractivity contribution is -0.178. The van der Waals surface area contributed by atoms with Crippen LogP contribution >= 0.6 is 0 Å². The number of carbonyl (C=O) groups is 3. The fraction of sp³-hybridized carbons (Fsp3) is 0.571. The Balaban J connectivity index is 1.31. The Bertz CT molecular complexity index is 835. The minimum absolute atomic E-state index is 0.119. The van der Waals surface area contributed by atoms with Crippen LogP contribution in [0.25, 0.3) is 0 Å². The summed E-state index contributed by atoms with van der Waals surface area (Å²) in [5, 5.41) is 2.35. The molecule has 2 saturated heterocycles. The van der Waals surface area contributed by atoms with Gasteiger partial charge in [0.2, 0.25) is 11.8 Å². The zero-order chi connectivity index (χ0) is 19.3. The van der Waals surface area contributed by atoms with E-state index in [-0.39, 0.29) is 29.9 Å². The molecule has 4 aliphatic rings. The molecule has 3 aliphatic heterocycles. The molecule has 3 heterocycles. The van der Waals surface area contributed by atoms with Gasteiger partial charge in [0.05, 0.1) is 13.2 Å². The molecule has 0 unspecified atom stereocenters. The van der Waals surface area contributed by atoms with Gasteiger partial charge in [-0.25, -0.2) is 0 Å². The van der Waals surface area contributed by atoms with Crippen molar-refractivity contribution < 1.29 is 23.9 Å². The van der Waals surface area contributed by atoms with Gasteiger partial charge >= 0.3 is 0 Å². The molecule has 7 heteroatoms. The topological polar surface area (TPSA) is 84.9 Å². The Hall–Kier alpha value is -2.25. The van der Waals surface area contributed by atoms with Crippen LogP contribution in [0.1, 0.15) is 65.9 Å². The molecule has 7 nitrogen and oxygen atoms in total. The Morgan fingerprint density at radius 1 is 1.04 bits per heavy atom. The molecule has 148 valence electrons. The molecule has 1 N–H and O–H groups in total. The van der Waals surface area contributed by atoms with Crippen molar-refractivity contribution in [3.8, 4) is 0 Å². The van der Waals surface area contributed by atoms with Crippen LogP contribution in [0.4, 0.5) is 0 Å². The lowest BCUT2D eigenvalue weighted by Crippen LogP contribution is -2.52. The summed E-state index contributed by atoms with van der Waals surface area (Å²) in [6.45, 7) is 1.79. The van der Waals surface area contributed by atoms with Crippen molar-refractivity contribution >= 4 is 17.7 Å². The molecule has 3 amide bonds. The van der Waals surface area contributed by atoms with Crippen molar-refractivity contribution in [3.63, 3.8) is 0 Å². The number of carbonyl (C=O) groups excluding carboxylic acids is 3. The summed E-state index contributed by atoms with van der Waals surface area (Å²) in [7, 11) is 0. The lowest BCUT2D eigenvalue weighted by Gasteiger charge is -2.35. The number of hydrogen-bond acceptors (Lipinski definition) is 5. The first-order chi connectivity index (χ1) is 13.5. The molecule has 1 aromatic carbocycles. The molecule has 0 bridgehead atoms. The largest absolute Gasteiger partial charge is 0.348 e. The molecule has 1 aromatic rings. The zero-order valence-electron chi connectivity index (χ0n) is 15.7. The fourth-order valence-corrected chi connectivity index (χ4v) is 5.02. The van der Waals surface area contributed by atoms with Crippen LogP contribution in [0.3, 0.4) is 0 Å². The van der Waals surface area contributed by atoms with Crippen molar-refractivity contribution in [2.24, 2.45) is 0 Å². The fourth-order valence-electron chi connectivity index (χ4n) is 5.02. The standard InChI is InChI=1S/C21H24N2O5/c24-18-4-3-17(19(25)22-18)23-12-15-11-14(1-2-16(15)20(23)26)13-5-7-21(8-6-13)27-9-10-28-21/h1-2,11,13,17H,3-10,12H2,(H,22,24,25)/t17-/m0/s1. The summed E-state index contributed by atoms with van der Waals surface area (Å²) in [5.74, 6) is -0.689. The monoisotopic (exact) mass is 384 g/mol. The Morgan fingerprint density at radius 3 is 2.50 bits per heavy atom. The maximum atomic E-state index is 12.8. The Labute approximate surface area is 163 Å². The SMILES string of the molecule is O=C1CC[C@H](N2Cc3cc(C4CCC5(CC4)OCCO5)ccc3C2=O)C(=O)N1. The van der Waals surface area contributed by atoms with E-state index in [1.54, 1.807) is 4.90 Å². The predicted molar refractivity (Wildman–Crippen MR) is 98.3 cm³/mol. The van der Waals surface area contributed by atoms with E-state index < -0.39 is 6.04 Å². The molecule has 28 heavy (non-hydrogen) atoms. The zero-order valence-corrected chi connectivity index (χ0v) is 15.7. The van der Waals surface area contributed by atoms with Crippen molar-refractivity contribution in [3.05, 3.63) is 34.9 Å². The highest BCUT2D eigenvalue weighted by atomic mass is 16.7. The van der Waals surface area contributed by atoms with Crippen LogP contribution in [0.5, 0.6) is 0 Å². The van der Waals surface area contributed by atoms with Crippen LogP contribution in [-0.4, -0.2) is 47.7 Å². The van der Waals surface area contributed by atoms with E-state index >= 15 is 0 Å². The van der Waals surface area contributed by atoms with Crippen LogP contribution in [0, 0.1) is 0 Å². The second-order valence-corrected chi connectivity index (χ2v) is 8.20. The maximum absolute atomic E-state index is 12.8. The Kier molecular flexibility index (Phi) is 4.25.